The zero-order valence-electron chi connectivity index (χ0n) is 10.1. The van der Waals surface area contributed by atoms with Crippen molar-refractivity contribution in [2.24, 2.45) is 0 Å². The van der Waals surface area contributed by atoms with Crippen LogP contribution in [0.25, 0.3) is 0 Å². The smallest absolute Gasteiger partial charge is 0.137 e. The van der Waals surface area contributed by atoms with E-state index in [1.807, 2.05) is 0 Å². The molecule has 0 aliphatic rings. The summed E-state index contributed by atoms with van der Waals surface area (Å²) in [6, 6.07) is 11.6. The largest absolute Gasteiger partial charge is 0.490 e. The van der Waals surface area contributed by atoms with Crippen LogP contribution in [0.1, 0.15) is 0 Å². The lowest BCUT2D eigenvalue weighted by molar-refractivity contribution is 0.217. The molecule has 0 fully saturated rings. The van der Waals surface area contributed by atoms with Gasteiger partial charge in [-0.3, -0.25) is 0 Å². The normalized spacial score (nSPS) is 10.2. The summed E-state index contributed by atoms with van der Waals surface area (Å²) in [5, 5.41) is 0. The molecule has 0 bridgehead atoms. The van der Waals surface area contributed by atoms with Crippen LogP contribution in [0.5, 0.6) is 11.5 Å². The van der Waals surface area contributed by atoms with Crippen molar-refractivity contribution < 1.29 is 13.9 Å². The molecule has 0 aliphatic heterocycles. The SMILES string of the molecule is Nc1ccc(OCCOc2ccc(F)c(Br)c2)cc1. The van der Waals surface area contributed by atoms with Gasteiger partial charge in [0.2, 0.25) is 0 Å². The van der Waals surface area contributed by atoms with Gasteiger partial charge in [-0.1, -0.05) is 0 Å². The first-order valence-electron chi connectivity index (χ1n) is 5.71. The average Bonchev–Trinajstić information content (AvgIpc) is 2.41. The molecular formula is C14H13BrFNO2. The molecule has 0 atom stereocenters. The van der Waals surface area contributed by atoms with E-state index in [1.54, 1.807) is 36.4 Å². The summed E-state index contributed by atoms with van der Waals surface area (Å²) in [4.78, 5) is 0. The van der Waals surface area contributed by atoms with E-state index in [1.165, 1.54) is 6.07 Å². The fourth-order valence-electron chi connectivity index (χ4n) is 1.45. The molecule has 100 valence electrons. The summed E-state index contributed by atoms with van der Waals surface area (Å²) in [7, 11) is 0. The molecular weight excluding hydrogens is 313 g/mol. The predicted octanol–water partition coefficient (Wildman–Crippen LogP) is 3.63. The van der Waals surface area contributed by atoms with Gasteiger partial charge in [0.25, 0.3) is 0 Å². The lowest BCUT2D eigenvalue weighted by atomic mass is 10.3. The summed E-state index contributed by atoms with van der Waals surface area (Å²) in [5.74, 6) is 1.01. The van der Waals surface area contributed by atoms with E-state index in [9.17, 15) is 4.39 Å². The molecule has 3 nitrogen and oxygen atoms in total. The minimum Gasteiger partial charge on any atom is -0.490 e. The van der Waals surface area contributed by atoms with Crippen LogP contribution in [-0.4, -0.2) is 13.2 Å². The van der Waals surface area contributed by atoms with E-state index in [2.05, 4.69) is 15.9 Å². The van der Waals surface area contributed by atoms with E-state index in [0.717, 1.165) is 5.75 Å². The van der Waals surface area contributed by atoms with Crippen molar-refractivity contribution in [2.45, 2.75) is 0 Å². The van der Waals surface area contributed by atoms with Gasteiger partial charge < -0.3 is 15.2 Å². The first-order chi connectivity index (χ1) is 9.15. The highest BCUT2D eigenvalue weighted by atomic mass is 79.9. The number of rotatable bonds is 5. The number of hydrogen-bond acceptors (Lipinski definition) is 3. The van der Waals surface area contributed by atoms with Crippen LogP contribution in [0.15, 0.2) is 46.9 Å². The van der Waals surface area contributed by atoms with E-state index in [-0.39, 0.29) is 5.82 Å². The topological polar surface area (TPSA) is 44.5 Å². The van der Waals surface area contributed by atoms with E-state index >= 15 is 0 Å². The van der Waals surface area contributed by atoms with Crippen molar-refractivity contribution >= 4 is 21.6 Å². The zero-order valence-corrected chi connectivity index (χ0v) is 11.7. The van der Waals surface area contributed by atoms with Gasteiger partial charge >= 0.3 is 0 Å². The van der Waals surface area contributed by atoms with E-state index in [0.29, 0.717) is 29.1 Å². The van der Waals surface area contributed by atoms with Gasteiger partial charge in [-0.2, -0.15) is 0 Å². The summed E-state index contributed by atoms with van der Waals surface area (Å²) in [6.07, 6.45) is 0. The van der Waals surface area contributed by atoms with Crippen molar-refractivity contribution in [1.82, 2.24) is 0 Å². The molecule has 0 amide bonds. The number of ether oxygens (including phenoxy) is 2. The Morgan fingerprint density at radius 3 is 2.16 bits per heavy atom. The molecule has 19 heavy (non-hydrogen) atoms. The molecule has 0 saturated heterocycles. The molecule has 0 radical (unpaired) electrons. The molecule has 5 heteroatoms. The Labute approximate surface area is 119 Å². The predicted molar refractivity (Wildman–Crippen MR) is 75.9 cm³/mol. The van der Waals surface area contributed by atoms with Gasteiger partial charge in [0.15, 0.2) is 0 Å². The van der Waals surface area contributed by atoms with Crippen molar-refractivity contribution in [3.05, 3.63) is 52.8 Å². The highest BCUT2D eigenvalue weighted by Crippen LogP contribution is 2.21. The second-order valence-corrected chi connectivity index (χ2v) is 4.70. The third kappa shape index (κ3) is 4.13. The number of anilines is 1. The Bertz CT molecular complexity index is 546. The van der Waals surface area contributed by atoms with Crippen LogP contribution in [0, 0.1) is 5.82 Å². The van der Waals surface area contributed by atoms with Crippen molar-refractivity contribution in [3.63, 3.8) is 0 Å². The highest BCUT2D eigenvalue weighted by molar-refractivity contribution is 9.10. The second-order valence-electron chi connectivity index (χ2n) is 3.84. The molecule has 2 N–H and O–H groups in total. The van der Waals surface area contributed by atoms with Crippen LogP contribution in [0.4, 0.5) is 10.1 Å². The molecule has 0 unspecified atom stereocenters. The number of nitrogens with two attached hydrogens (primary N) is 1. The third-order valence-corrected chi connectivity index (χ3v) is 3.00. The van der Waals surface area contributed by atoms with E-state index < -0.39 is 0 Å². The van der Waals surface area contributed by atoms with Crippen molar-refractivity contribution in [3.8, 4) is 11.5 Å². The lowest BCUT2D eigenvalue weighted by Gasteiger charge is -2.09. The van der Waals surface area contributed by atoms with Gasteiger partial charge in [-0.25, -0.2) is 4.39 Å². The number of nitrogen functional groups attached to an aromatic ring is 1. The maximum Gasteiger partial charge on any atom is 0.137 e. The van der Waals surface area contributed by atoms with Gasteiger partial charge in [-0.15, -0.1) is 0 Å². The Kier molecular flexibility index (Phi) is 4.63. The monoisotopic (exact) mass is 325 g/mol. The van der Waals surface area contributed by atoms with Gasteiger partial charge in [0.1, 0.15) is 30.5 Å². The highest BCUT2D eigenvalue weighted by Gasteiger charge is 2.01. The molecule has 2 aromatic carbocycles. The van der Waals surface area contributed by atoms with Gasteiger partial charge in [0.05, 0.1) is 4.47 Å². The molecule has 0 spiro atoms. The molecule has 0 heterocycles. The van der Waals surface area contributed by atoms with Crippen LogP contribution in [0.3, 0.4) is 0 Å². The van der Waals surface area contributed by atoms with Crippen LogP contribution >= 0.6 is 15.9 Å². The molecule has 0 aliphatic carbocycles. The Morgan fingerprint density at radius 1 is 0.947 bits per heavy atom. The Balaban J connectivity index is 1.77. The Hall–Kier alpha value is -1.75. The quantitative estimate of drug-likeness (QED) is 0.674. The molecule has 0 aromatic heterocycles. The number of halogens is 2. The first-order valence-corrected chi connectivity index (χ1v) is 6.50. The molecule has 0 saturated carbocycles. The Morgan fingerprint density at radius 2 is 1.53 bits per heavy atom. The van der Waals surface area contributed by atoms with E-state index in [4.69, 9.17) is 15.2 Å². The summed E-state index contributed by atoms with van der Waals surface area (Å²) in [5.41, 5.74) is 6.26. The standard InChI is InChI=1S/C14H13BrFNO2/c15-13-9-12(5-6-14(13)16)19-8-7-18-11-3-1-10(17)2-4-11/h1-6,9H,7-8,17H2. The first kappa shape index (κ1) is 13.7. The third-order valence-electron chi connectivity index (χ3n) is 2.39. The summed E-state index contributed by atoms with van der Waals surface area (Å²) >= 11 is 3.10. The average molecular weight is 326 g/mol. The summed E-state index contributed by atoms with van der Waals surface area (Å²) in [6.45, 7) is 0.779. The minimum atomic E-state index is -0.314. The fourth-order valence-corrected chi connectivity index (χ4v) is 1.81. The molecule has 2 rings (SSSR count). The number of benzene rings is 2. The van der Waals surface area contributed by atoms with Crippen LogP contribution in [0.2, 0.25) is 0 Å². The summed E-state index contributed by atoms with van der Waals surface area (Å²) < 4.78 is 24.3. The minimum absolute atomic E-state index is 0.314. The van der Waals surface area contributed by atoms with Gasteiger partial charge in [0, 0.05) is 5.69 Å². The number of hydrogen-bond donors (Lipinski definition) is 1. The van der Waals surface area contributed by atoms with Crippen LogP contribution in [-0.2, 0) is 0 Å². The lowest BCUT2D eigenvalue weighted by Crippen LogP contribution is -2.09. The van der Waals surface area contributed by atoms with Crippen molar-refractivity contribution in [2.75, 3.05) is 18.9 Å². The fraction of sp³-hybridized carbons (Fsp3) is 0.143. The molecule has 2 aromatic rings. The van der Waals surface area contributed by atoms with Crippen molar-refractivity contribution in [1.29, 1.82) is 0 Å². The zero-order chi connectivity index (χ0) is 13.7. The maximum atomic E-state index is 13.0. The van der Waals surface area contributed by atoms with Crippen LogP contribution < -0.4 is 15.2 Å². The second kappa shape index (κ2) is 6.43. The van der Waals surface area contributed by atoms with Gasteiger partial charge in [-0.05, 0) is 58.4 Å². The maximum absolute atomic E-state index is 13.0.